The quantitative estimate of drug-likeness (QED) is 0.232. The molecule has 0 spiro atoms. The summed E-state index contributed by atoms with van der Waals surface area (Å²) < 4.78 is 5.62. The van der Waals surface area contributed by atoms with Gasteiger partial charge in [-0.05, 0) is 67.3 Å². The van der Waals surface area contributed by atoms with Gasteiger partial charge in [0.15, 0.2) is 0 Å². The summed E-state index contributed by atoms with van der Waals surface area (Å²) in [7, 11) is 0. The molecule has 4 aromatic rings. The Hall–Kier alpha value is -3.39. The molecule has 2 heterocycles. The molecule has 3 aromatic carbocycles. The molecule has 0 radical (unpaired) electrons. The lowest BCUT2D eigenvalue weighted by Crippen LogP contribution is -2.46. The van der Waals surface area contributed by atoms with Crippen molar-refractivity contribution < 1.29 is 14.1 Å². The van der Waals surface area contributed by atoms with Crippen LogP contribution in [-0.2, 0) is 11.3 Å². The van der Waals surface area contributed by atoms with Crippen LogP contribution in [0.3, 0.4) is 0 Å². The van der Waals surface area contributed by atoms with Crippen LogP contribution in [0.5, 0.6) is 0 Å². The molecule has 1 atom stereocenters. The predicted molar refractivity (Wildman–Crippen MR) is 151 cm³/mol. The summed E-state index contributed by atoms with van der Waals surface area (Å²) >= 11 is 18.4. The summed E-state index contributed by atoms with van der Waals surface area (Å²) in [5.41, 5.74) is 1.94. The fourth-order valence-corrected chi connectivity index (χ4v) is 5.28. The first-order chi connectivity index (χ1) is 18.9. The second-order valence-corrected chi connectivity index (χ2v) is 10.6. The molecule has 1 aliphatic heterocycles. The Balaban J connectivity index is 1.39. The molecule has 39 heavy (non-hydrogen) atoms. The van der Waals surface area contributed by atoms with E-state index in [1.54, 1.807) is 29.2 Å². The van der Waals surface area contributed by atoms with E-state index in [0.717, 1.165) is 24.0 Å². The maximum absolute atomic E-state index is 13.7. The van der Waals surface area contributed by atoms with Crippen LogP contribution in [0.2, 0.25) is 15.1 Å². The van der Waals surface area contributed by atoms with E-state index in [1.807, 2.05) is 42.5 Å². The highest BCUT2D eigenvalue weighted by molar-refractivity contribution is 6.36. The molecule has 1 unspecified atom stereocenters. The number of halogens is 3. The van der Waals surface area contributed by atoms with E-state index in [9.17, 15) is 9.59 Å². The van der Waals surface area contributed by atoms with Gasteiger partial charge < -0.3 is 14.3 Å². The number of amides is 2. The second-order valence-electron chi connectivity index (χ2n) is 9.33. The molecule has 5 rings (SSSR count). The number of carbonyl (C=O) groups is 2. The van der Waals surface area contributed by atoms with Gasteiger partial charge in [0.1, 0.15) is 12.6 Å². The zero-order valence-electron chi connectivity index (χ0n) is 20.9. The molecule has 0 saturated carbocycles. The lowest BCUT2D eigenvalue weighted by molar-refractivity contribution is -0.136. The van der Waals surface area contributed by atoms with Crippen LogP contribution in [0.4, 0.5) is 0 Å². The molecule has 200 valence electrons. The van der Waals surface area contributed by atoms with Crippen LogP contribution >= 0.6 is 34.8 Å². The van der Waals surface area contributed by atoms with Gasteiger partial charge in [-0.2, -0.15) is 4.98 Å². The van der Waals surface area contributed by atoms with Gasteiger partial charge in [-0.25, -0.2) is 0 Å². The molecule has 0 aliphatic carbocycles. The third-order valence-electron chi connectivity index (χ3n) is 6.64. The average molecular weight is 584 g/mol. The topological polar surface area (TPSA) is 79.5 Å². The van der Waals surface area contributed by atoms with Crippen molar-refractivity contribution >= 4 is 46.6 Å². The minimum atomic E-state index is -0.382. The zero-order chi connectivity index (χ0) is 27.4. The second kappa shape index (κ2) is 12.2. The number of hydrogen-bond acceptors (Lipinski definition) is 5. The minimum Gasteiger partial charge on any atom is -0.337 e. The van der Waals surface area contributed by atoms with Gasteiger partial charge in [-0.15, -0.1) is 0 Å². The van der Waals surface area contributed by atoms with E-state index in [2.05, 4.69) is 10.1 Å². The highest BCUT2D eigenvalue weighted by atomic mass is 35.5. The Labute approximate surface area is 241 Å². The lowest BCUT2D eigenvalue weighted by Gasteiger charge is -2.35. The highest BCUT2D eigenvalue weighted by Gasteiger charge is 2.34. The summed E-state index contributed by atoms with van der Waals surface area (Å²) in [5.74, 6) is 0.234. The molecule has 1 saturated heterocycles. The first kappa shape index (κ1) is 27.2. The molecule has 1 fully saturated rings. The van der Waals surface area contributed by atoms with Gasteiger partial charge in [-0.1, -0.05) is 70.3 Å². The van der Waals surface area contributed by atoms with Crippen molar-refractivity contribution in [2.75, 3.05) is 13.1 Å². The van der Waals surface area contributed by atoms with Crippen LogP contribution in [0.1, 0.15) is 47.1 Å². The number of benzene rings is 3. The Kier molecular flexibility index (Phi) is 8.50. The molecule has 7 nitrogen and oxygen atoms in total. The molecular weight excluding hydrogens is 559 g/mol. The number of rotatable bonds is 7. The Morgan fingerprint density at radius 1 is 0.949 bits per heavy atom. The maximum atomic E-state index is 13.7. The van der Waals surface area contributed by atoms with Gasteiger partial charge in [0, 0.05) is 28.7 Å². The third-order valence-corrected chi connectivity index (χ3v) is 7.44. The number of aromatic nitrogens is 2. The van der Waals surface area contributed by atoms with Crippen molar-refractivity contribution in [1.29, 1.82) is 0 Å². The smallest absolute Gasteiger partial charge is 0.256 e. The standard InChI is InChI=1S/C29H25Cl3N4O3/c30-21-11-9-20(10-12-21)27-33-28(39-34-27)25-8-4-5-15-36(25)26(37)18-35(17-19-6-2-1-3-7-19)29(38)23-14-13-22(31)16-24(23)32/h1-3,6-7,9-14,16,25H,4-5,8,15,17-18H2. The number of carbonyl (C=O) groups excluding carboxylic acids is 2. The van der Waals surface area contributed by atoms with Crippen molar-refractivity contribution in [2.45, 2.75) is 31.8 Å². The third kappa shape index (κ3) is 6.44. The van der Waals surface area contributed by atoms with Crippen LogP contribution in [-0.4, -0.2) is 44.8 Å². The number of piperidine rings is 1. The molecule has 10 heteroatoms. The molecular formula is C29H25Cl3N4O3. The van der Waals surface area contributed by atoms with Crippen molar-refractivity contribution in [2.24, 2.45) is 0 Å². The van der Waals surface area contributed by atoms with Crippen LogP contribution in [0, 0.1) is 0 Å². The van der Waals surface area contributed by atoms with Gasteiger partial charge in [-0.3, -0.25) is 9.59 Å². The zero-order valence-corrected chi connectivity index (χ0v) is 23.2. The van der Waals surface area contributed by atoms with Crippen LogP contribution in [0.15, 0.2) is 77.3 Å². The van der Waals surface area contributed by atoms with E-state index >= 15 is 0 Å². The predicted octanol–water partition coefficient (Wildman–Crippen LogP) is 7.09. The average Bonchev–Trinajstić information content (AvgIpc) is 3.43. The van der Waals surface area contributed by atoms with E-state index in [4.69, 9.17) is 39.3 Å². The Morgan fingerprint density at radius 2 is 1.69 bits per heavy atom. The first-order valence-corrected chi connectivity index (χ1v) is 13.7. The normalized spacial score (nSPS) is 15.3. The van der Waals surface area contributed by atoms with E-state index in [1.165, 1.54) is 11.0 Å². The van der Waals surface area contributed by atoms with Gasteiger partial charge in [0.2, 0.25) is 17.6 Å². The highest BCUT2D eigenvalue weighted by Crippen LogP contribution is 2.32. The molecule has 1 aromatic heterocycles. The van der Waals surface area contributed by atoms with Crippen molar-refractivity contribution in [1.82, 2.24) is 19.9 Å². The Morgan fingerprint density at radius 3 is 2.44 bits per heavy atom. The van der Waals surface area contributed by atoms with Crippen LogP contribution in [0.25, 0.3) is 11.4 Å². The van der Waals surface area contributed by atoms with Crippen molar-refractivity contribution in [3.05, 3.63) is 105 Å². The Bertz CT molecular complexity index is 1460. The van der Waals surface area contributed by atoms with E-state index in [0.29, 0.717) is 34.7 Å². The maximum Gasteiger partial charge on any atom is 0.256 e. The van der Waals surface area contributed by atoms with Gasteiger partial charge in [0.25, 0.3) is 5.91 Å². The summed E-state index contributed by atoms with van der Waals surface area (Å²) in [6.45, 7) is 0.628. The number of likely N-dealkylation sites (tertiary alicyclic amines) is 1. The molecule has 1 aliphatic rings. The summed E-state index contributed by atoms with van der Waals surface area (Å²) in [5, 5.41) is 5.40. The van der Waals surface area contributed by atoms with Gasteiger partial charge in [0.05, 0.1) is 10.6 Å². The van der Waals surface area contributed by atoms with Crippen molar-refractivity contribution in [3.63, 3.8) is 0 Å². The molecule has 0 N–H and O–H groups in total. The fraction of sp³-hybridized carbons (Fsp3) is 0.241. The van der Waals surface area contributed by atoms with Gasteiger partial charge >= 0.3 is 0 Å². The number of nitrogens with zero attached hydrogens (tertiary/aromatic N) is 4. The SMILES string of the molecule is O=C(c1ccc(Cl)cc1Cl)N(CC(=O)N1CCCCC1c1nc(-c2ccc(Cl)cc2)no1)Cc1ccccc1. The molecule has 0 bridgehead atoms. The van der Waals surface area contributed by atoms with E-state index < -0.39 is 0 Å². The summed E-state index contributed by atoms with van der Waals surface area (Å²) in [6, 6.07) is 21.0. The summed E-state index contributed by atoms with van der Waals surface area (Å²) in [6.07, 6.45) is 2.44. The van der Waals surface area contributed by atoms with Crippen molar-refractivity contribution in [3.8, 4) is 11.4 Å². The van der Waals surface area contributed by atoms with Crippen LogP contribution < -0.4 is 0 Å². The monoisotopic (exact) mass is 582 g/mol. The minimum absolute atomic E-state index is 0.138. The summed E-state index contributed by atoms with van der Waals surface area (Å²) in [4.78, 5) is 35.2. The lowest BCUT2D eigenvalue weighted by atomic mass is 10.0. The largest absolute Gasteiger partial charge is 0.337 e. The number of hydrogen-bond donors (Lipinski definition) is 0. The van der Waals surface area contributed by atoms with E-state index in [-0.39, 0.29) is 41.5 Å². The first-order valence-electron chi connectivity index (χ1n) is 12.6. The fourth-order valence-electron chi connectivity index (χ4n) is 4.66. The molecule has 2 amide bonds.